The Hall–Kier alpha value is -3.86. The Morgan fingerprint density at radius 1 is 1.28 bits per heavy atom. The van der Waals surface area contributed by atoms with Crippen molar-refractivity contribution < 1.29 is 18.7 Å². The monoisotopic (exact) mass is 511 g/mol. The summed E-state index contributed by atoms with van der Waals surface area (Å²) in [4.78, 5) is 36.1. The fourth-order valence-electron chi connectivity index (χ4n) is 4.31. The van der Waals surface area contributed by atoms with Crippen molar-refractivity contribution in [3.05, 3.63) is 41.2 Å². The van der Waals surface area contributed by atoms with E-state index in [1.54, 1.807) is 21.7 Å². The highest BCUT2D eigenvalue weighted by molar-refractivity contribution is 6.36. The van der Waals surface area contributed by atoms with E-state index in [9.17, 15) is 9.59 Å². The second-order valence-corrected chi connectivity index (χ2v) is 10.1. The molecule has 0 saturated carbocycles. The number of hydrogen-bond acceptors (Lipinski definition) is 8. The molecule has 1 atom stereocenters. The Morgan fingerprint density at radius 2 is 2.06 bits per heavy atom. The first-order chi connectivity index (χ1) is 17.1. The first-order valence-corrected chi connectivity index (χ1v) is 12.0. The van der Waals surface area contributed by atoms with Gasteiger partial charge in [0.1, 0.15) is 16.9 Å². The van der Waals surface area contributed by atoms with E-state index in [0.29, 0.717) is 40.1 Å². The van der Waals surface area contributed by atoms with Gasteiger partial charge >= 0.3 is 12.1 Å². The van der Waals surface area contributed by atoms with Crippen molar-refractivity contribution in [2.24, 2.45) is 0 Å². The highest BCUT2D eigenvalue weighted by Crippen LogP contribution is 2.34. The summed E-state index contributed by atoms with van der Waals surface area (Å²) in [7, 11) is 0. The van der Waals surface area contributed by atoms with Crippen molar-refractivity contribution in [3.8, 4) is 0 Å². The minimum absolute atomic E-state index is 0.0335. The van der Waals surface area contributed by atoms with E-state index in [2.05, 4.69) is 20.4 Å². The second kappa shape index (κ2) is 8.98. The van der Waals surface area contributed by atoms with E-state index in [4.69, 9.17) is 26.5 Å². The molecule has 12 heteroatoms. The van der Waals surface area contributed by atoms with Gasteiger partial charge in [-0.2, -0.15) is 10.1 Å². The summed E-state index contributed by atoms with van der Waals surface area (Å²) in [5.41, 5.74) is 7.23. The normalized spacial score (nSPS) is 16.4. The van der Waals surface area contributed by atoms with Gasteiger partial charge in [-0.3, -0.25) is 14.8 Å². The number of benzene rings is 1. The Balaban J connectivity index is 1.49. The first-order valence-electron chi connectivity index (χ1n) is 11.6. The molecule has 36 heavy (non-hydrogen) atoms. The third-order valence-corrected chi connectivity index (χ3v) is 6.11. The minimum Gasteiger partial charge on any atom is -0.444 e. The zero-order valence-corrected chi connectivity index (χ0v) is 20.9. The fraction of sp³-hybridized carbons (Fsp3) is 0.375. The molecule has 0 radical (unpaired) electrons. The molecule has 0 aliphatic carbocycles. The predicted octanol–water partition coefficient (Wildman–Crippen LogP) is 4.63. The fourth-order valence-corrected chi connectivity index (χ4v) is 4.54. The van der Waals surface area contributed by atoms with Crippen LogP contribution < -0.4 is 11.1 Å². The second-order valence-electron chi connectivity index (χ2n) is 9.67. The van der Waals surface area contributed by atoms with E-state index in [0.717, 1.165) is 12.8 Å². The van der Waals surface area contributed by atoms with Crippen molar-refractivity contribution in [1.82, 2.24) is 24.6 Å². The number of ether oxygens (including phenoxy) is 1. The number of pyridine rings is 1. The van der Waals surface area contributed by atoms with Gasteiger partial charge in [0.05, 0.1) is 28.2 Å². The molecular formula is C24H26ClN7O4. The lowest BCUT2D eigenvalue weighted by atomic mass is 10.1. The van der Waals surface area contributed by atoms with Crippen LogP contribution in [-0.4, -0.2) is 55.3 Å². The number of para-hydroxylation sites is 2. The van der Waals surface area contributed by atoms with E-state index in [-0.39, 0.29) is 23.6 Å². The Bertz CT molecular complexity index is 1440. The lowest BCUT2D eigenvalue weighted by Crippen LogP contribution is -2.43. The summed E-state index contributed by atoms with van der Waals surface area (Å²) in [5.74, 6) is -0.455. The minimum atomic E-state index is -0.609. The number of nitrogens with zero attached hydrogens (tertiary/aromatic N) is 5. The van der Waals surface area contributed by atoms with Crippen LogP contribution in [0.3, 0.4) is 0 Å². The van der Waals surface area contributed by atoms with Crippen molar-refractivity contribution in [1.29, 1.82) is 0 Å². The van der Waals surface area contributed by atoms with Gasteiger partial charge in [-0.15, -0.1) is 0 Å². The summed E-state index contributed by atoms with van der Waals surface area (Å²) < 4.78 is 12.8. The molecule has 0 unspecified atom stereocenters. The van der Waals surface area contributed by atoms with Crippen LogP contribution >= 0.6 is 11.6 Å². The van der Waals surface area contributed by atoms with Crippen LogP contribution in [0.2, 0.25) is 5.02 Å². The first kappa shape index (κ1) is 23.9. The number of nitrogens with two attached hydrogens (primary N) is 1. The maximum atomic E-state index is 13.3. The number of nitrogens with one attached hydrogen (secondary N) is 1. The SMILES string of the molecule is CC(C)(C)OC(=O)N1CCC[C@@H](n2nc(C(=O)Nc3nc4ccccc4o3)c3c(N)ncc(Cl)c32)C1. The van der Waals surface area contributed by atoms with Crippen molar-refractivity contribution >= 4 is 57.4 Å². The van der Waals surface area contributed by atoms with Gasteiger partial charge in [0, 0.05) is 13.1 Å². The molecule has 188 valence electrons. The van der Waals surface area contributed by atoms with E-state index in [1.807, 2.05) is 32.9 Å². The van der Waals surface area contributed by atoms with Crippen LogP contribution in [0.15, 0.2) is 34.9 Å². The largest absolute Gasteiger partial charge is 0.444 e. The molecule has 5 rings (SSSR count). The number of halogens is 1. The van der Waals surface area contributed by atoms with Crippen LogP contribution in [0.25, 0.3) is 22.0 Å². The Morgan fingerprint density at radius 3 is 2.81 bits per heavy atom. The predicted molar refractivity (Wildman–Crippen MR) is 135 cm³/mol. The zero-order chi connectivity index (χ0) is 25.6. The third kappa shape index (κ3) is 4.53. The van der Waals surface area contributed by atoms with E-state index >= 15 is 0 Å². The molecule has 4 aromatic rings. The van der Waals surface area contributed by atoms with E-state index < -0.39 is 17.6 Å². The molecule has 1 saturated heterocycles. The van der Waals surface area contributed by atoms with Crippen LogP contribution in [0.5, 0.6) is 0 Å². The highest BCUT2D eigenvalue weighted by Gasteiger charge is 2.32. The lowest BCUT2D eigenvalue weighted by molar-refractivity contribution is 0.0169. The van der Waals surface area contributed by atoms with Gasteiger partial charge in [0.15, 0.2) is 11.3 Å². The number of carbonyl (C=O) groups excluding carboxylic acids is 2. The summed E-state index contributed by atoms with van der Waals surface area (Å²) in [6, 6.07) is 6.95. The maximum Gasteiger partial charge on any atom is 0.410 e. The Labute approximate surface area is 211 Å². The molecule has 2 amide bonds. The summed E-state index contributed by atoms with van der Waals surface area (Å²) in [5, 5.41) is 7.88. The van der Waals surface area contributed by atoms with Gasteiger partial charge < -0.3 is 19.8 Å². The summed E-state index contributed by atoms with van der Waals surface area (Å²) >= 11 is 6.52. The zero-order valence-electron chi connectivity index (χ0n) is 20.1. The number of aromatic nitrogens is 4. The molecule has 0 spiro atoms. The topological polar surface area (TPSA) is 141 Å². The number of amides is 2. The van der Waals surface area contributed by atoms with Gasteiger partial charge in [-0.25, -0.2) is 9.78 Å². The molecule has 1 aliphatic rings. The average Bonchev–Trinajstić information content (AvgIpc) is 3.42. The molecule has 1 aromatic carbocycles. The number of fused-ring (bicyclic) bond motifs is 2. The van der Waals surface area contributed by atoms with Crippen LogP contribution in [0.4, 0.5) is 16.6 Å². The molecule has 0 bridgehead atoms. The van der Waals surface area contributed by atoms with Crippen molar-refractivity contribution in [3.63, 3.8) is 0 Å². The number of nitrogen functional groups attached to an aromatic ring is 1. The number of carbonyl (C=O) groups is 2. The molecule has 1 aliphatic heterocycles. The van der Waals surface area contributed by atoms with Gasteiger partial charge in [0.2, 0.25) is 0 Å². The molecule has 4 heterocycles. The van der Waals surface area contributed by atoms with Gasteiger partial charge in [0.25, 0.3) is 5.91 Å². The smallest absolute Gasteiger partial charge is 0.410 e. The summed E-state index contributed by atoms with van der Waals surface area (Å²) in [6.45, 7) is 6.38. The van der Waals surface area contributed by atoms with E-state index in [1.165, 1.54) is 6.20 Å². The number of likely N-dealkylation sites (tertiary alicyclic amines) is 1. The van der Waals surface area contributed by atoms with Crippen LogP contribution in [0.1, 0.15) is 50.1 Å². The molecular weight excluding hydrogens is 486 g/mol. The Kier molecular flexibility index (Phi) is 5.95. The average molecular weight is 512 g/mol. The molecule has 3 N–H and O–H groups in total. The van der Waals surface area contributed by atoms with Gasteiger partial charge in [-0.1, -0.05) is 23.7 Å². The number of piperidine rings is 1. The standard InChI is InChI=1S/C24H26ClN7O4/c1-24(2,3)36-23(34)31-10-6-7-13(12-31)32-19-14(25)11-27-20(26)17(19)18(30-32)21(33)29-22-28-15-8-4-5-9-16(15)35-22/h4-5,8-9,11,13H,6-7,10,12H2,1-3H3,(H2,26,27)(H,28,29,33)/t13-/m1/s1. The number of anilines is 2. The van der Waals surface area contributed by atoms with Crippen LogP contribution in [-0.2, 0) is 4.74 Å². The maximum absolute atomic E-state index is 13.3. The van der Waals surface area contributed by atoms with Crippen LogP contribution in [0, 0.1) is 0 Å². The quantitative estimate of drug-likeness (QED) is 0.405. The van der Waals surface area contributed by atoms with Crippen molar-refractivity contribution in [2.45, 2.75) is 45.3 Å². The summed E-state index contributed by atoms with van der Waals surface area (Å²) in [6.07, 6.45) is 2.48. The molecule has 1 fully saturated rings. The molecule has 3 aromatic heterocycles. The number of rotatable bonds is 3. The van der Waals surface area contributed by atoms with Gasteiger partial charge in [-0.05, 0) is 45.7 Å². The van der Waals surface area contributed by atoms with Crippen molar-refractivity contribution in [2.75, 3.05) is 24.1 Å². The lowest BCUT2D eigenvalue weighted by Gasteiger charge is -2.34. The highest BCUT2D eigenvalue weighted by atomic mass is 35.5. The number of hydrogen-bond donors (Lipinski definition) is 2. The number of oxazole rings is 1. The molecule has 11 nitrogen and oxygen atoms in total. The third-order valence-electron chi connectivity index (χ3n) is 5.83.